The second-order valence-corrected chi connectivity index (χ2v) is 9.96. The van der Waals surface area contributed by atoms with E-state index in [2.05, 4.69) is 10.2 Å². The molecule has 166 valence electrons. The number of benzene rings is 3. The average Bonchev–Trinajstić information content (AvgIpc) is 2.80. The van der Waals surface area contributed by atoms with Crippen LogP contribution in [0.25, 0.3) is 11.1 Å². The summed E-state index contributed by atoms with van der Waals surface area (Å²) >= 11 is 0. The average molecular weight is 450 g/mol. The van der Waals surface area contributed by atoms with Gasteiger partial charge in [-0.2, -0.15) is 4.31 Å². The molecule has 6 nitrogen and oxygen atoms in total. The molecule has 4 rings (SSSR count). The Balaban J connectivity index is 1.41. The molecule has 3 aromatic rings. The third-order valence-electron chi connectivity index (χ3n) is 5.64. The first-order valence-electron chi connectivity index (χ1n) is 10.6. The third kappa shape index (κ3) is 5.24. The maximum Gasteiger partial charge on any atom is 0.243 e. The van der Waals surface area contributed by atoms with Gasteiger partial charge in [0.05, 0.1) is 11.3 Å². The molecule has 0 radical (unpaired) electrons. The third-order valence-corrected chi connectivity index (χ3v) is 7.54. The zero-order valence-electron chi connectivity index (χ0n) is 18.1. The number of nitrogens with zero attached hydrogens (tertiary/aromatic N) is 2. The molecule has 1 aliphatic heterocycles. The largest absolute Gasteiger partial charge is 0.326 e. The minimum absolute atomic E-state index is 0.188. The topological polar surface area (TPSA) is 69.7 Å². The van der Waals surface area contributed by atoms with Crippen molar-refractivity contribution >= 4 is 21.6 Å². The number of nitrogens with one attached hydrogen (secondary N) is 1. The molecule has 7 heteroatoms. The molecule has 0 aliphatic carbocycles. The van der Waals surface area contributed by atoms with Crippen molar-refractivity contribution in [3.63, 3.8) is 0 Å². The Kier molecular flexibility index (Phi) is 6.69. The maximum atomic E-state index is 13.0. The predicted octanol–water partition coefficient (Wildman–Crippen LogP) is 3.47. The van der Waals surface area contributed by atoms with E-state index in [9.17, 15) is 13.2 Å². The van der Waals surface area contributed by atoms with Crippen LogP contribution in [0.15, 0.2) is 83.8 Å². The molecule has 0 unspecified atom stereocenters. The Morgan fingerprint density at radius 3 is 2.19 bits per heavy atom. The second-order valence-electron chi connectivity index (χ2n) is 8.02. The molecule has 1 amide bonds. The van der Waals surface area contributed by atoms with Crippen molar-refractivity contribution in [3.8, 4) is 11.1 Å². The lowest BCUT2D eigenvalue weighted by Crippen LogP contribution is -2.47. The van der Waals surface area contributed by atoms with Gasteiger partial charge in [0.1, 0.15) is 0 Å². The highest BCUT2D eigenvalue weighted by atomic mass is 32.2. The number of anilines is 1. The van der Waals surface area contributed by atoms with Crippen LogP contribution < -0.4 is 5.32 Å². The minimum Gasteiger partial charge on any atom is -0.326 e. The quantitative estimate of drug-likeness (QED) is 0.626. The molecule has 1 N–H and O–H groups in total. The van der Waals surface area contributed by atoms with Gasteiger partial charge in [0.15, 0.2) is 0 Å². The molecule has 32 heavy (non-hydrogen) atoms. The summed E-state index contributed by atoms with van der Waals surface area (Å²) in [6.45, 7) is 2.35. The van der Waals surface area contributed by atoms with Crippen molar-refractivity contribution in [1.29, 1.82) is 0 Å². The van der Waals surface area contributed by atoms with Crippen LogP contribution in [0.5, 0.6) is 0 Å². The van der Waals surface area contributed by atoms with Crippen molar-refractivity contribution in [2.45, 2.75) is 11.3 Å². The molecule has 0 bridgehead atoms. The van der Waals surface area contributed by atoms with Gasteiger partial charge in [-0.25, -0.2) is 8.42 Å². The molecule has 0 atom stereocenters. The highest BCUT2D eigenvalue weighted by Gasteiger charge is 2.27. The Labute approximate surface area is 189 Å². The van der Waals surface area contributed by atoms with Gasteiger partial charge in [-0.3, -0.25) is 4.79 Å². The summed E-state index contributed by atoms with van der Waals surface area (Å²) < 4.78 is 27.4. The standard InChI is InChI=1S/C25H27N3O3S/c1-27-14-16-28(17-15-27)32(30,31)24-9-5-8-23(19-24)26-25(29)18-20-10-12-22(13-11-20)21-6-3-2-4-7-21/h2-13,19H,14-18H2,1H3,(H,26,29). The molecule has 0 aromatic heterocycles. The van der Waals surface area contributed by atoms with Crippen LogP contribution in [0, 0.1) is 0 Å². The zero-order valence-corrected chi connectivity index (χ0v) is 18.9. The number of amides is 1. The van der Waals surface area contributed by atoms with Crippen LogP contribution in [0.3, 0.4) is 0 Å². The van der Waals surface area contributed by atoms with Gasteiger partial charge in [-0.15, -0.1) is 0 Å². The lowest BCUT2D eigenvalue weighted by molar-refractivity contribution is -0.115. The van der Waals surface area contributed by atoms with E-state index in [0.29, 0.717) is 31.9 Å². The summed E-state index contributed by atoms with van der Waals surface area (Å²) in [5.74, 6) is -0.188. The van der Waals surface area contributed by atoms with Crippen LogP contribution in [-0.4, -0.2) is 56.8 Å². The van der Waals surface area contributed by atoms with E-state index in [4.69, 9.17) is 0 Å². The summed E-state index contributed by atoms with van der Waals surface area (Å²) in [4.78, 5) is 14.9. The minimum atomic E-state index is -3.58. The Hall–Kier alpha value is -3.00. The highest BCUT2D eigenvalue weighted by Crippen LogP contribution is 2.22. The van der Waals surface area contributed by atoms with Gasteiger partial charge in [-0.1, -0.05) is 60.7 Å². The lowest BCUT2D eigenvalue weighted by Gasteiger charge is -2.31. The number of likely N-dealkylation sites (N-methyl/N-ethyl adjacent to an activating group) is 1. The number of sulfonamides is 1. The van der Waals surface area contributed by atoms with Crippen molar-refractivity contribution in [2.75, 3.05) is 38.5 Å². The molecule has 3 aromatic carbocycles. The van der Waals surface area contributed by atoms with Crippen molar-refractivity contribution in [1.82, 2.24) is 9.21 Å². The number of hydrogen-bond acceptors (Lipinski definition) is 4. The number of carbonyl (C=O) groups is 1. The number of hydrogen-bond donors (Lipinski definition) is 1. The molecule has 0 saturated carbocycles. The predicted molar refractivity (Wildman–Crippen MR) is 127 cm³/mol. The van der Waals surface area contributed by atoms with Crippen LogP contribution >= 0.6 is 0 Å². The summed E-state index contributed by atoms with van der Waals surface area (Å²) in [7, 11) is -1.60. The van der Waals surface area contributed by atoms with Crippen molar-refractivity contribution in [3.05, 3.63) is 84.4 Å². The summed E-state index contributed by atoms with van der Waals surface area (Å²) in [5.41, 5.74) is 3.59. The van der Waals surface area contributed by atoms with E-state index in [-0.39, 0.29) is 17.2 Å². The molecular formula is C25H27N3O3S. The molecule has 1 aliphatic rings. The molecule has 1 heterocycles. The van der Waals surface area contributed by atoms with E-state index in [1.807, 2.05) is 61.6 Å². The fourth-order valence-corrected chi connectivity index (χ4v) is 5.22. The van der Waals surface area contributed by atoms with Gasteiger partial charge < -0.3 is 10.2 Å². The van der Waals surface area contributed by atoms with Crippen molar-refractivity contribution < 1.29 is 13.2 Å². The maximum absolute atomic E-state index is 13.0. The van der Waals surface area contributed by atoms with Gasteiger partial charge in [-0.05, 0) is 41.9 Å². The van der Waals surface area contributed by atoms with Crippen molar-refractivity contribution in [2.24, 2.45) is 0 Å². The van der Waals surface area contributed by atoms with Crippen LogP contribution in [0.1, 0.15) is 5.56 Å². The van der Waals surface area contributed by atoms with Gasteiger partial charge in [0.2, 0.25) is 15.9 Å². The normalized spacial score (nSPS) is 15.4. The Bertz CT molecular complexity index is 1170. The molecule has 1 saturated heterocycles. The van der Waals surface area contributed by atoms with E-state index in [1.165, 1.54) is 10.4 Å². The first kappa shape index (κ1) is 22.2. The number of rotatable bonds is 6. The summed E-state index contributed by atoms with van der Waals surface area (Å²) in [5, 5.41) is 2.83. The Morgan fingerprint density at radius 1 is 0.844 bits per heavy atom. The number of piperazine rings is 1. The van der Waals surface area contributed by atoms with E-state index < -0.39 is 10.0 Å². The van der Waals surface area contributed by atoms with Gasteiger partial charge >= 0.3 is 0 Å². The lowest BCUT2D eigenvalue weighted by atomic mass is 10.0. The van der Waals surface area contributed by atoms with Gasteiger partial charge in [0, 0.05) is 31.9 Å². The first-order chi connectivity index (χ1) is 15.4. The smallest absolute Gasteiger partial charge is 0.243 e. The summed E-state index contributed by atoms with van der Waals surface area (Å²) in [6, 6.07) is 24.4. The van der Waals surface area contributed by atoms with E-state index in [1.54, 1.807) is 18.2 Å². The molecule has 1 fully saturated rings. The van der Waals surface area contributed by atoms with Crippen LogP contribution in [0.2, 0.25) is 0 Å². The molecular weight excluding hydrogens is 422 g/mol. The Morgan fingerprint density at radius 2 is 1.50 bits per heavy atom. The SMILES string of the molecule is CN1CCN(S(=O)(=O)c2cccc(NC(=O)Cc3ccc(-c4ccccc4)cc3)c2)CC1. The number of carbonyl (C=O) groups excluding carboxylic acids is 1. The highest BCUT2D eigenvalue weighted by molar-refractivity contribution is 7.89. The van der Waals surface area contributed by atoms with E-state index in [0.717, 1.165) is 16.7 Å². The van der Waals surface area contributed by atoms with Gasteiger partial charge in [0.25, 0.3) is 0 Å². The van der Waals surface area contributed by atoms with Crippen LogP contribution in [0.4, 0.5) is 5.69 Å². The zero-order chi connectivity index (χ0) is 22.6. The summed E-state index contributed by atoms with van der Waals surface area (Å²) in [6.07, 6.45) is 0.213. The fourth-order valence-electron chi connectivity index (χ4n) is 3.75. The van der Waals surface area contributed by atoms with E-state index >= 15 is 0 Å². The monoisotopic (exact) mass is 449 g/mol. The first-order valence-corrected chi connectivity index (χ1v) is 12.1. The fraction of sp³-hybridized carbons (Fsp3) is 0.240. The van der Waals surface area contributed by atoms with Crippen LogP contribution in [-0.2, 0) is 21.2 Å². The molecule has 0 spiro atoms. The second kappa shape index (κ2) is 9.65.